The van der Waals surface area contributed by atoms with Gasteiger partial charge in [-0.1, -0.05) is 35.9 Å². The molecule has 1 atom stereocenters. The van der Waals surface area contributed by atoms with E-state index in [2.05, 4.69) is 15.4 Å². The fourth-order valence-corrected chi connectivity index (χ4v) is 4.44. The minimum absolute atomic E-state index is 0.0731. The number of benzene rings is 3. The van der Waals surface area contributed by atoms with E-state index in [1.165, 1.54) is 29.8 Å². The number of carbonyl (C=O) groups excluding carboxylic acids is 3. The second-order valence-electron chi connectivity index (χ2n) is 8.32. The van der Waals surface area contributed by atoms with Gasteiger partial charge in [0.25, 0.3) is 5.91 Å². The lowest BCUT2D eigenvalue weighted by Gasteiger charge is -2.16. The van der Waals surface area contributed by atoms with Gasteiger partial charge < -0.3 is 25.2 Å². The van der Waals surface area contributed by atoms with Crippen molar-refractivity contribution >= 4 is 35.1 Å². The van der Waals surface area contributed by atoms with Gasteiger partial charge in [-0.3, -0.25) is 9.59 Å². The summed E-state index contributed by atoms with van der Waals surface area (Å²) < 4.78 is 10.6. The van der Waals surface area contributed by atoms with Gasteiger partial charge in [0, 0.05) is 5.69 Å². The molecular formula is C27H25ClN2O6. The van der Waals surface area contributed by atoms with Crippen molar-refractivity contribution in [3.05, 3.63) is 81.9 Å². The minimum atomic E-state index is -0.998. The molecule has 1 unspecified atom stereocenters. The SMILES string of the molecule is CCOC(=O)C(=O)Nc1cc(C)c(Oc2ccc(O)c(C(=O)NC3CCc4ccccc43)c2)c(Cl)c1. The van der Waals surface area contributed by atoms with Crippen molar-refractivity contribution in [1.82, 2.24) is 5.32 Å². The van der Waals surface area contributed by atoms with E-state index in [0.29, 0.717) is 17.0 Å². The molecule has 0 saturated carbocycles. The van der Waals surface area contributed by atoms with Crippen LogP contribution in [-0.2, 0) is 20.7 Å². The summed E-state index contributed by atoms with van der Waals surface area (Å²) in [4.78, 5) is 36.5. The molecule has 2 amide bonds. The van der Waals surface area contributed by atoms with Crippen LogP contribution in [0.5, 0.6) is 17.2 Å². The van der Waals surface area contributed by atoms with Crippen LogP contribution in [0.3, 0.4) is 0 Å². The van der Waals surface area contributed by atoms with Crippen molar-refractivity contribution in [1.29, 1.82) is 0 Å². The predicted octanol–water partition coefficient (Wildman–Crippen LogP) is 5.07. The van der Waals surface area contributed by atoms with E-state index in [9.17, 15) is 19.5 Å². The van der Waals surface area contributed by atoms with E-state index in [1.807, 2.05) is 24.3 Å². The van der Waals surface area contributed by atoms with Gasteiger partial charge in [-0.05, 0) is 73.7 Å². The topological polar surface area (TPSA) is 114 Å². The molecule has 3 aromatic rings. The zero-order valence-electron chi connectivity index (χ0n) is 19.8. The quantitative estimate of drug-likeness (QED) is 0.316. The molecule has 4 rings (SSSR count). The Morgan fingerprint density at radius 2 is 1.89 bits per heavy atom. The van der Waals surface area contributed by atoms with Crippen LogP contribution in [-0.4, -0.2) is 29.5 Å². The number of rotatable bonds is 6. The first kappa shape index (κ1) is 25.1. The van der Waals surface area contributed by atoms with Gasteiger partial charge >= 0.3 is 11.9 Å². The monoisotopic (exact) mass is 508 g/mol. The van der Waals surface area contributed by atoms with Crippen LogP contribution >= 0.6 is 11.6 Å². The third-order valence-corrected chi connectivity index (χ3v) is 6.10. The average Bonchev–Trinajstić information content (AvgIpc) is 3.25. The van der Waals surface area contributed by atoms with Crippen LogP contribution in [0.4, 0.5) is 5.69 Å². The number of anilines is 1. The molecule has 8 nitrogen and oxygen atoms in total. The number of ether oxygens (including phenoxy) is 2. The summed E-state index contributed by atoms with van der Waals surface area (Å²) in [5, 5.41) is 15.9. The van der Waals surface area contributed by atoms with Gasteiger partial charge in [0.2, 0.25) is 0 Å². The van der Waals surface area contributed by atoms with Gasteiger partial charge in [0.1, 0.15) is 17.2 Å². The Hall–Kier alpha value is -4.04. The number of aromatic hydroxyl groups is 1. The van der Waals surface area contributed by atoms with Crippen LogP contribution in [0, 0.1) is 6.92 Å². The molecule has 0 fully saturated rings. The first-order valence-corrected chi connectivity index (χ1v) is 11.8. The largest absolute Gasteiger partial charge is 0.507 e. The lowest BCUT2D eigenvalue weighted by molar-refractivity contribution is -0.152. The second kappa shape index (κ2) is 10.7. The van der Waals surface area contributed by atoms with Crippen molar-refractivity contribution in [2.45, 2.75) is 32.7 Å². The van der Waals surface area contributed by atoms with E-state index in [1.54, 1.807) is 19.9 Å². The number of hydrogen-bond donors (Lipinski definition) is 3. The predicted molar refractivity (Wildman–Crippen MR) is 135 cm³/mol. The highest BCUT2D eigenvalue weighted by Crippen LogP contribution is 2.37. The molecule has 9 heteroatoms. The van der Waals surface area contributed by atoms with E-state index >= 15 is 0 Å². The lowest BCUT2D eigenvalue weighted by Crippen LogP contribution is -2.27. The number of esters is 1. The number of nitrogens with one attached hydrogen (secondary N) is 2. The van der Waals surface area contributed by atoms with Crippen molar-refractivity contribution in [2.75, 3.05) is 11.9 Å². The molecule has 3 N–H and O–H groups in total. The Morgan fingerprint density at radius 1 is 1.11 bits per heavy atom. The third kappa shape index (κ3) is 5.44. The molecule has 36 heavy (non-hydrogen) atoms. The van der Waals surface area contributed by atoms with Gasteiger partial charge in [-0.25, -0.2) is 4.79 Å². The second-order valence-corrected chi connectivity index (χ2v) is 8.73. The standard InChI is InChI=1S/C27H25ClN2O6/c1-3-35-27(34)26(33)29-17-12-15(2)24(21(28)13-17)36-18-9-11-23(31)20(14-18)25(32)30-22-10-8-16-6-4-5-7-19(16)22/h4-7,9,11-14,22,31H,3,8,10H2,1-2H3,(H,29,33)(H,30,32). The van der Waals surface area contributed by atoms with E-state index in [-0.39, 0.29) is 34.7 Å². The van der Waals surface area contributed by atoms with Gasteiger partial charge in [0.15, 0.2) is 0 Å². The first-order chi connectivity index (χ1) is 17.3. The van der Waals surface area contributed by atoms with Crippen LogP contribution in [0.2, 0.25) is 5.02 Å². The highest BCUT2D eigenvalue weighted by molar-refractivity contribution is 6.37. The van der Waals surface area contributed by atoms with Crippen LogP contribution < -0.4 is 15.4 Å². The molecule has 1 aliphatic carbocycles. The Bertz CT molecular complexity index is 1320. The van der Waals surface area contributed by atoms with Crippen LogP contribution in [0.25, 0.3) is 0 Å². The summed E-state index contributed by atoms with van der Waals surface area (Å²) in [6.45, 7) is 3.40. The number of hydrogen-bond acceptors (Lipinski definition) is 6. The molecule has 3 aromatic carbocycles. The molecule has 0 saturated heterocycles. The van der Waals surface area contributed by atoms with Crippen molar-refractivity contribution in [2.24, 2.45) is 0 Å². The number of fused-ring (bicyclic) bond motifs is 1. The molecule has 186 valence electrons. The number of halogens is 1. The summed E-state index contributed by atoms with van der Waals surface area (Å²) in [6, 6.07) is 15.2. The summed E-state index contributed by atoms with van der Waals surface area (Å²) in [6.07, 6.45) is 1.67. The number of phenols is 1. The van der Waals surface area contributed by atoms with Crippen LogP contribution in [0.15, 0.2) is 54.6 Å². The van der Waals surface area contributed by atoms with E-state index in [0.717, 1.165) is 18.4 Å². The number of phenolic OH excluding ortho intramolecular Hbond substituents is 1. The lowest BCUT2D eigenvalue weighted by atomic mass is 10.1. The smallest absolute Gasteiger partial charge is 0.397 e. The maximum absolute atomic E-state index is 13.0. The molecule has 0 aromatic heterocycles. The molecule has 1 aliphatic rings. The minimum Gasteiger partial charge on any atom is -0.507 e. The normalized spacial score (nSPS) is 14.0. The Balaban J connectivity index is 1.50. The van der Waals surface area contributed by atoms with Crippen molar-refractivity contribution < 1.29 is 29.0 Å². The summed E-state index contributed by atoms with van der Waals surface area (Å²) >= 11 is 6.38. The average molecular weight is 509 g/mol. The van der Waals surface area contributed by atoms with Gasteiger partial charge in [0.05, 0.1) is 23.2 Å². The third-order valence-electron chi connectivity index (χ3n) is 5.82. The summed E-state index contributed by atoms with van der Waals surface area (Å²) in [5.74, 6) is -1.92. The molecular weight excluding hydrogens is 484 g/mol. The summed E-state index contributed by atoms with van der Waals surface area (Å²) in [7, 11) is 0. The molecule has 0 aliphatic heterocycles. The van der Waals surface area contributed by atoms with Gasteiger partial charge in [-0.15, -0.1) is 0 Å². The molecule has 0 bridgehead atoms. The van der Waals surface area contributed by atoms with Crippen molar-refractivity contribution in [3.63, 3.8) is 0 Å². The maximum atomic E-state index is 13.0. The first-order valence-electron chi connectivity index (χ1n) is 11.4. The van der Waals surface area contributed by atoms with E-state index < -0.39 is 17.8 Å². The number of carbonyl (C=O) groups is 3. The maximum Gasteiger partial charge on any atom is 0.397 e. The Kier molecular flexibility index (Phi) is 7.45. The van der Waals surface area contributed by atoms with Crippen LogP contribution in [0.1, 0.15) is 46.4 Å². The number of amides is 2. The molecule has 0 heterocycles. The fourth-order valence-electron chi connectivity index (χ4n) is 4.13. The highest BCUT2D eigenvalue weighted by Gasteiger charge is 2.25. The summed E-state index contributed by atoms with van der Waals surface area (Å²) in [5.41, 5.74) is 3.23. The zero-order chi connectivity index (χ0) is 25.8. The zero-order valence-corrected chi connectivity index (χ0v) is 20.5. The Morgan fingerprint density at radius 3 is 2.64 bits per heavy atom. The highest BCUT2D eigenvalue weighted by atomic mass is 35.5. The van der Waals surface area contributed by atoms with E-state index in [4.69, 9.17) is 16.3 Å². The van der Waals surface area contributed by atoms with Crippen molar-refractivity contribution in [3.8, 4) is 17.2 Å². The molecule has 0 spiro atoms. The number of aryl methyl sites for hydroxylation is 2. The Labute approximate surface area is 213 Å². The molecule has 0 radical (unpaired) electrons. The van der Waals surface area contributed by atoms with Gasteiger partial charge in [-0.2, -0.15) is 0 Å². The fraction of sp³-hybridized carbons (Fsp3) is 0.222.